The molecule has 0 radical (unpaired) electrons. The number of ketones is 1. The van der Waals surface area contributed by atoms with Crippen LogP contribution in [0.25, 0.3) is 0 Å². The molecule has 0 bridgehead atoms. The van der Waals surface area contributed by atoms with Gasteiger partial charge in [-0.05, 0) is 49.8 Å². The zero-order valence-electron chi connectivity index (χ0n) is 20.1. The fraction of sp³-hybridized carbons (Fsp3) is 0.625. The molecule has 2 fully saturated rings. The van der Waals surface area contributed by atoms with Crippen LogP contribution in [0.4, 0.5) is 31.1 Å². The Morgan fingerprint density at radius 3 is 2.00 bits per heavy atom. The zero-order valence-corrected chi connectivity index (χ0v) is 20.1. The van der Waals surface area contributed by atoms with Crippen LogP contribution in [0.1, 0.15) is 47.2 Å². The van der Waals surface area contributed by atoms with Crippen molar-refractivity contribution in [2.75, 3.05) is 26.2 Å². The number of rotatable bonds is 6. The molecule has 1 saturated heterocycles. The summed E-state index contributed by atoms with van der Waals surface area (Å²) in [6.07, 6.45) is -15.5. The normalized spacial score (nSPS) is 21.7. The SMILES string of the molecule is Cc1ccc(CN2CCN(C(=O)OC(C(F)(F)F)C(F)(F)F)CC2)cc1C(=O)C1CCC(C(=O)O)CC1. The quantitative estimate of drug-likeness (QED) is 0.413. The van der Waals surface area contributed by atoms with E-state index in [2.05, 4.69) is 4.74 Å². The third-order valence-corrected chi connectivity index (χ3v) is 6.86. The van der Waals surface area contributed by atoms with Gasteiger partial charge in [0.05, 0.1) is 5.92 Å². The van der Waals surface area contributed by atoms with Crippen LogP contribution >= 0.6 is 0 Å². The molecule has 13 heteroatoms. The van der Waals surface area contributed by atoms with Gasteiger partial charge in [-0.1, -0.05) is 12.1 Å². The number of halogens is 6. The van der Waals surface area contributed by atoms with Crippen LogP contribution in [0.3, 0.4) is 0 Å². The second kappa shape index (κ2) is 11.3. The minimum Gasteiger partial charge on any atom is -0.481 e. The van der Waals surface area contributed by atoms with E-state index in [1.807, 2.05) is 11.0 Å². The molecule has 2 aliphatic rings. The fourth-order valence-corrected chi connectivity index (χ4v) is 4.70. The number of carboxylic acid groups (broad SMARTS) is 1. The van der Waals surface area contributed by atoms with E-state index in [1.54, 1.807) is 19.1 Å². The van der Waals surface area contributed by atoms with E-state index in [0.717, 1.165) is 16.0 Å². The Bertz CT molecular complexity index is 982. The molecule has 1 aliphatic carbocycles. The maximum absolute atomic E-state index is 13.1. The first-order chi connectivity index (χ1) is 17.2. The van der Waals surface area contributed by atoms with E-state index in [0.29, 0.717) is 37.8 Å². The van der Waals surface area contributed by atoms with Crippen molar-refractivity contribution >= 4 is 17.8 Å². The fourth-order valence-electron chi connectivity index (χ4n) is 4.70. The molecule has 37 heavy (non-hydrogen) atoms. The van der Waals surface area contributed by atoms with Gasteiger partial charge in [-0.3, -0.25) is 14.5 Å². The molecule has 0 aromatic heterocycles. The summed E-state index contributed by atoms with van der Waals surface area (Å²) in [5.74, 6) is -1.57. The highest BCUT2D eigenvalue weighted by molar-refractivity contribution is 5.99. The van der Waals surface area contributed by atoms with E-state index < -0.39 is 36.4 Å². The number of aryl methyl sites for hydroxylation is 1. The number of piperazine rings is 1. The van der Waals surface area contributed by atoms with Crippen LogP contribution < -0.4 is 0 Å². The van der Waals surface area contributed by atoms with Gasteiger partial charge in [0.1, 0.15) is 0 Å². The Hall–Kier alpha value is -2.83. The smallest absolute Gasteiger partial charge is 0.434 e. The van der Waals surface area contributed by atoms with E-state index in [9.17, 15) is 40.7 Å². The van der Waals surface area contributed by atoms with E-state index in [1.165, 1.54) is 0 Å². The van der Waals surface area contributed by atoms with Gasteiger partial charge in [0.25, 0.3) is 6.10 Å². The van der Waals surface area contributed by atoms with Gasteiger partial charge < -0.3 is 14.7 Å². The first-order valence-electron chi connectivity index (χ1n) is 11.8. The third kappa shape index (κ3) is 7.36. The predicted molar refractivity (Wildman–Crippen MR) is 118 cm³/mol. The van der Waals surface area contributed by atoms with Crippen molar-refractivity contribution in [2.45, 2.75) is 57.6 Å². The van der Waals surface area contributed by atoms with E-state index >= 15 is 0 Å². The van der Waals surface area contributed by atoms with Gasteiger partial charge in [0.15, 0.2) is 5.78 Å². The Morgan fingerprint density at radius 1 is 0.946 bits per heavy atom. The minimum absolute atomic E-state index is 0.0420. The highest BCUT2D eigenvalue weighted by atomic mass is 19.4. The molecule has 7 nitrogen and oxygen atoms in total. The molecule has 1 aromatic carbocycles. The number of benzene rings is 1. The van der Waals surface area contributed by atoms with Crippen molar-refractivity contribution < 1.29 is 50.6 Å². The minimum atomic E-state index is -5.77. The molecular formula is C24H28F6N2O5. The summed E-state index contributed by atoms with van der Waals surface area (Å²) in [7, 11) is 0. The number of alkyl halides is 6. The van der Waals surface area contributed by atoms with Crippen molar-refractivity contribution in [3.05, 3.63) is 34.9 Å². The van der Waals surface area contributed by atoms with Crippen LogP contribution in [-0.2, 0) is 16.1 Å². The number of carboxylic acids is 1. The average molecular weight is 538 g/mol. The molecule has 0 atom stereocenters. The van der Waals surface area contributed by atoms with Gasteiger partial charge in [-0.2, -0.15) is 26.3 Å². The highest BCUT2D eigenvalue weighted by Crippen LogP contribution is 2.36. The third-order valence-electron chi connectivity index (χ3n) is 6.86. The average Bonchev–Trinajstić information content (AvgIpc) is 2.82. The Labute approximate surface area is 209 Å². The summed E-state index contributed by atoms with van der Waals surface area (Å²) in [5.41, 5.74) is 2.12. The lowest BCUT2D eigenvalue weighted by Gasteiger charge is -2.35. The lowest BCUT2D eigenvalue weighted by Crippen LogP contribution is -2.52. The summed E-state index contributed by atoms with van der Waals surface area (Å²) < 4.78 is 79.7. The molecule has 0 spiro atoms. The number of amides is 1. The Balaban J connectivity index is 1.56. The van der Waals surface area contributed by atoms with Crippen LogP contribution in [-0.4, -0.2) is 77.4 Å². The molecule has 1 aliphatic heterocycles. The first kappa shape index (κ1) is 28.7. The van der Waals surface area contributed by atoms with E-state index in [4.69, 9.17) is 5.11 Å². The van der Waals surface area contributed by atoms with Crippen LogP contribution in [0, 0.1) is 18.8 Å². The van der Waals surface area contributed by atoms with Crippen molar-refractivity contribution in [2.24, 2.45) is 11.8 Å². The van der Waals surface area contributed by atoms with Crippen LogP contribution in [0.2, 0.25) is 0 Å². The van der Waals surface area contributed by atoms with Crippen molar-refractivity contribution in [3.8, 4) is 0 Å². The highest BCUT2D eigenvalue weighted by Gasteiger charge is 2.60. The van der Waals surface area contributed by atoms with E-state index in [-0.39, 0.29) is 37.9 Å². The molecule has 0 unspecified atom stereocenters. The van der Waals surface area contributed by atoms with Crippen LogP contribution in [0.15, 0.2) is 18.2 Å². The number of carbonyl (C=O) groups excluding carboxylic acids is 2. The summed E-state index contributed by atoms with van der Waals surface area (Å²) in [4.78, 5) is 38.9. The van der Waals surface area contributed by atoms with Crippen LogP contribution in [0.5, 0.6) is 0 Å². The Kier molecular flexibility index (Phi) is 8.76. The Morgan fingerprint density at radius 2 is 1.49 bits per heavy atom. The molecule has 1 heterocycles. The molecule has 1 amide bonds. The maximum atomic E-state index is 13.1. The number of aliphatic carboxylic acids is 1. The number of ether oxygens (including phenoxy) is 1. The van der Waals surface area contributed by atoms with Crippen molar-refractivity contribution in [1.29, 1.82) is 0 Å². The maximum Gasteiger partial charge on any atom is 0.434 e. The second-order valence-electron chi connectivity index (χ2n) is 9.51. The summed E-state index contributed by atoms with van der Waals surface area (Å²) in [6.45, 7) is 2.31. The largest absolute Gasteiger partial charge is 0.481 e. The zero-order chi connectivity index (χ0) is 27.5. The van der Waals surface area contributed by atoms with Gasteiger partial charge in [-0.25, -0.2) is 4.79 Å². The summed E-state index contributed by atoms with van der Waals surface area (Å²) >= 11 is 0. The molecule has 3 rings (SSSR count). The topological polar surface area (TPSA) is 87.2 Å². The predicted octanol–water partition coefficient (Wildman–Crippen LogP) is 4.82. The number of hydrogen-bond donors (Lipinski definition) is 1. The molecule has 1 saturated carbocycles. The molecule has 206 valence electrons. The standard InChI is InChI=1S/C24H28F6N2O5/c1-14-2-3-15(12-18(14)19(33)16-4-6-17(7-5-16)20(34)35)13-31-8-10-32(11-9-31)22(36)37-21(23(25,26)27)24(28,29)30/h2-3,12,16-17,21H,4-11,13H2,1H3,(H,34,35). The first-order valence-corrected chi connectivity index (χ1v) is 11.8. The van der Waals surface area contributed by atoms with Crippen molar-refractivity contribution in [3.63, 3.8) is 0 Å². The number of Topliss-reactive ketones (excluding diaryl/α,β-unsaturated/α-hetero) is 1. The van der Waals surface area contributed by atoms with Gasteiger partial charge in [0, 0.05) is 44.2 Å². The molecule has 1 N–H and O–H groups in total. The van der Waals surface area contributed by atoms with Gasteiger partial charge in [0.2, 0.25) is 0 Å². The lowest BCUT2D eigenvalue weighted by atomic mass is 9.78. The number of hydrogen-bond acceptors (Lipinski definition) is 5. The summed E-state index contributed by atoms with van der Waals surface area (Å²) in [5, 5.41) is 9.16. The number of nitrogens with zero attached hydrogens (tertiary/aromatic N) is 2. The second-order valence-corrected chi connectivity index (χ2v) is 9.51. The molecule has 1 aromatic rings. The monoisotopic (exact) mass is 538 g/mol. The summed E-state index contributed by atoms with van der Waals surface area (Å²) in [6, 6.07) is 5.39. The van der Waals surface area contributed by atoms with Gasteiger partial charge >= 0.3 is 24.4 Å². The van der Waals surface area contributed by atoms with Crippen molar-refractivity contribution in [1.82, 2.24) is 9.80 Å². The molecular weight excluding hydrogens is 510 g/mol. The lowest BCUT2D eigenvalue weighted by molar-refractivity contribution is -0.308. The number of carbonyl (C=O) groups is 3. The van der Waals surface area contributed by atoms with Gasteiger partial charge in [-0.15, -0.1) is 0 Å².